The number of hydrogen-bond acceptors (Lipinski definition) is 5. The largest absolute Gasteiger partial charge is 0.493 e. The zero-order chi connectivity index (χ0) is 23.3. The van der Waals surface area contributed by atoms with E-state index in [0.29, 0.717) is 43.6 Å². The van der Waals surface area contributed by atoms with E-state index in [-0.39, 0.29) is 17.7 Å². The Labute approximate surface area is 201 Å². The second-order valence-electron chi connectivity index (χ2n) is 9.86. The summed E-state index contributed by atoms with van der Waals surface area (Å²) in [5, 5.41) is 0.620. The van der Waals surface area contributed by atoms with Gasteiger partial charge in [0.1, 0.15) is 5.75 Å². The summed E-state index contributed by atoms with van der Waals surface area (Å²) in [6.45, 7) is 6.30. The van der Waals surface area contributed by atoms with Gasteiger partial charge in [0.25, 0.3) is 0 Å². The third-order valence-corrected chi connectivity index (χ3v) is 7.50. The molecule has 0 aliphatic carbocycles. The second-order valence-corrected chi connectivity index (χ2v) is 10.3. The number of carbonyl (C=O) groups excluding carboxylic acids is 2. The molecule has 182 valence electrons. The quantitative estimate of drug-likeness (QED) is 0.630. The highest BCUT2D eigenvalue weighted by molar-refractivity contribution is 6.30. The van der Waals surface area contributed by atoms with Gasteiger partial charge in [0, 0.05) is 75.3 Å². The Morgan fingerprint density at radius 2 is 1.88 bits per heavy atom. The van der Waals surface area contributed by atoms with E-state index < -0.39 is 5.41 Å². The summed E-state index contributed by atoms with van der Waals surface area (Å²) < 4.78 is 11.6. The standard InChI is InChI=1S/C25H36ClN3O4/c1-27-10-12-28(13-11-27)23(30)17-25(19-33-22-5-2-4-21(26)16-22)8-3-9-29(18-25)24(31)20-6-14-32-15-7-20/h2,4-5,16,20H,3,6-15,17-19H2,1H3. The van der Waals surface area contributed by atoms with Crippen molar-refractivity contribution in [1.82, 2.24) is 14.7 Å². The van der Waals surface area contributed by atoms with Crippen LogP contribution in [-0.4, -0.2) is 92.7 Å². The van der Waals surface area contributed by atoms with Gasteiger partial charge in [-0.25, -0.2) is 0 Å². The first-order valence-electron chi connectivity index (χ1n) is 12.2. The zero-order valence-electron chi connectivity index (χ0n) is 19.6. The maximum Gasteiger partial charge on any atom is 0.225 e. The van der Waals surface area contributed by atoms with Crippen molar-refractivity contribution in [2.24, 2.45) is 11.3 Å². The van der Waals surface area contributed by atoms with E-state index in [4.69, 9.17) is 21.1 Å². The van der Waals surface area contributed by atoms with Crippen LogP contribution in [0.1, 0.15) is 32.1 Å². The molecule has 0 N–H and O–H groups in total. The van der Waals surface area contributed by atoms with E-state index in [1.165, 1.54) is 0 Å². The normalized spacial score (nSPS) is 25.2. The predicted octanol–water partition coefficient (Wildman–Crippen LogP) is 2.92. The average Bonchev–Trinajstić information content (AvgIpc) is 2.83. The number of amides is 2. The first kappa shape index (κ1) is 24.3. The van der Waals surface area contributed by atoms with Gasteiger partial charge < -0.3 is 24.2 Å². The summed E-state index contributed by atoms with van der Waals surface area (Å²) in [6, 6.07) is 7.36. The van der Waals surface area contributed by atoms with Crippen LogP contribution in [0.15, 0.2) is 24.3 Å². The lowest BCUT2D eigenvalue weighted by Gasteiger charge is -2.44. The smallest absolute Gasteiger partial charge is 0.225 e. The zero-order valence-corrected chi connectivity index (χ0v) is 20.4. The van der Waals surface area contributed by atoms with Gasteiger partial charge in [-0.3, -0.25) is 9.59 Å². The highest BCUT2D eigenvalue weighted by Gasteiger charge is 2.42. The molecular weight excluding hydrogens is 442 g/mol. The molecule has 0 spiro atoms. The average molecular weight is 478 g/mol. The molecule has 0 saturated carbocycles. The van der Waals surface area contributed by atoms with Gasteiger partial charge in [-0.05, 0) is 50.9 Å². The number of likely N-dealkylation sites (tertiary alicyclic amines) is 1. The Bertz CT molecular complexity index is 824. The topological polar surface area (TPSA) is 62.3 Å². The molecule has 3 aliphatic rings. The number of nitrogens with zero attached hydrogens (tertiary/aromatic N) is 3. The fourth-order valence-electron chi connectivity index (χ4n) is 5.19. The first-order valence-corrected chi connectivity index (χ1v) is 12.5. The van der Waals surface area contributed by atoms with E-state index >= 15 is 0 Å². The van der Waals surface area contributed by atoms with Crippen molar-refractivity contribution in [3.63, 3.8) is 0 Å². The number of piperazine rings is 1. The number of likely N-dealkylation sites (N-methyl/N-ethyl adjacent to an activating group) is 1. The highest BCUT2D eigenvalue weighted by atomic mass is 35.5. The second kappa shape index (κ2) is 11.1. The highest BCUT2D eigenvalue weighted by Crippen LogP contribution is 2.36. The van der Waals surface area contributed by atoms with Gasteiger partial charge in [0.15, 0.2) is 0 Å². The SMILES string of the molecule is CN1CCN(C(=O)CC2(COc3cccc(Cl)c3)CCCN(C(=O)C3CCOCC3)C2)CC1. The number of ether oxygens (including phenoxy) is 2. The molecule has 3 saturated heterocycles. The maximum atomic E-state index is 13.3. The van der Waals surface area contributed by atoms with Crippen LogP contribution in [0.4, 0.5) is 0 Å². The molecule has 7 nitrogen and oxygen atoms in total. The van der Waals surface area contributed by atoms with E-state index in [1.54, 1.807) is 6.07 Å². The molecular formula is C25H36ClN3O4. The number of halogens is 1. The summed E-state index contributed by atoms with van der Waals surface area (Å²) in [5.74, 6) is 1.09. The number of carbonyl (C=O) groups is 2. The van der Waals surface area contributed by atoms with Gasteiger partial charge in [-0.15, -0.1) is 0 Å². The lowest BCUT2D eigenvalue weighted by atomic mass is 9.76. The van der Waals surface area contributed by atoms with E-state index in [2.05, 4.69) is 11.9 Å². The number of rotatable bonds is 6. The molecule has 3 aliphatic heterocycles. The van der Waals surface area contributed by atoms with Crippen LogP contribution in [0.2, 0.25) is 5.02 Å². The van der Waals surface area contributed by atoms with Crippen LogP contribution in [0, 0.1) is 11.3 Å². The molecule has 3 fully saturated rings. The minimum Gasteiger partial charge on any atom is -0.493 e. The summed E-state index contributed by atoms with van der Waals surface area (Å²) in [5.41, 5.74) is -0.401. The van der Waals surface area contributed by atoms with Crippen molar-refractivity contribution in [1.29, 1.82) is 0 Å². The van der Waals surface area contributed by atoms with Gasteiger partial charge in [0.05, 0.1) is 6.61 Å². The maximum absolute atomic E-state index is 13.3. The van der Waals surface area contributed by atoms with Crippen molar-refractivity contribution < 1.29 is 19.1 Å². The predicted molar refractivity (Wildman–Crippen MR) is 127 cm³/mol. The van der Waals surface area contributed by atoms with Crippen LogP contribution in [0.5, 0.6) is 5.75 Å². The Kier molecular flexibility index (Phi) is 8.15. The van der Waals surface area contributed by atoms with E-state index in [0.717, 1.165) is 58.4 Å². The van der Waals surface area contributed by atoms with Gasteiger partial charge in [-0.1, -0.05) is 17.7 Å². The molecule has 33 heavy (non-hydrogen) atoms. The first-order chi connectivity index (χ1) is 15.9. The summed E-state index contributed by atoms with van der Waals surface area (Å²) >= 11 is 6.14. The van der Waals surface area contributed by atoms with E-state index in [9.17, 15) is 9.59 Å². The van der Waals surface area contributed by atoms with Crippen molar-refractivity contribution in [3.8, 4) is 5.75 Å². The van der Waals surface area contributed by atoms with Crippen LogP contribution >= 0.6 is 11.6 Å². The molecule has 8 heteroatoms. The summed E-state index contributed by atoms with van der Waals surface area (Å²) in [6.07, 6.45) is 3.70. The third kappa shape index (κ3) is 6.40. The Hall–Kier alpha value is -1.83. The van der Waals surface area contributed by atoms with Crippen molar-refractivity contribution in [2.45, 2.75) is 32.1 Å². The number of piperidine rings is 1. The summed E-state index contributed by atoms with van der Waals surface area (Å²) in [4.78, 5) is 32.8. The Morgan fingerprint density at radius 1 is 1.12 bits per heavy atom. The van der Waals surface area contributed by atoms with Crippen LogP contribution in [0.25, 0.3) is 0 Å². The fraction of sp³-hybridized carbons (Fsp3) is 0.680. The molecule has 1 atom stereocenters. The minimum atomic E-state index is -0.401. The van der Waals surface area contributed by atoms with Crippen molar-refractivity contribution in [2.75, 3.05) is 66.1 Å². The molecule has 0 radical (unpaired) electrons. The van der Waals surface area contributed by atoms with Gasteiger partial charge in [-0.2, -0.15) is 0 Å². The number of hydrogen-bond donors (Lipinski definition) is 0. The third-order valence-electron chi connectivity index (χ3n) is 7.27. The number of benzene rings is 1. The molecule has 1 unspecified atom stereocenters. The Morgan fingerprint density at radius 3 is 2.61 bits per heavy atom. The lowest BCUT2D eigenvalue weighted by molar-refractivity contribution is -0.146. The molecule has 4 rings (SSSR count). The van der Waals surface area contributed by atoms with Gasteiger partial charge >= 0.3 is 0 Å². The molecule has 0 aromatic heterocycles. The van der Waals surface area contributed by atoms with E-state index in [1.807, 2.05) is 28.0 Å². The van der Waals surface area contributed by atoms with Gasteiger partial charge in [0.2, 0.25) is 11.8 Å². The van der Waals surface area contributed by atoms with Crippen molar-refractivity contribution in [3.05, 3.63) is 29.3 Å². The lowest BCUT2D eigenvalue weighted by Crippen LogP contribution is -2.54. The monoisotopic (exact) mass is 477 g/mol. The van der Waals surface area contributed by atoms with Crippen molar-refractivity contribution >= 4 is 23.4 Å². The molecule has 3 heterocycles. The minimum absolute atomic E-state index is 0.0248. The van der Waals surface area contributed by atoms with Crippen LogP contribution in [-0.2, 0) is 14.3 Å². The van der Waals surface area contributed by atoms with Crippen LogP contribution < -0.4 is 4.74 Å². The fourth-order valence-corrected chi connectivity index (χ4v) is 5.37. The molecule has 0 bridgehead atoms. The molecule has 2 amide bonds. The molecule has 1 aromatic carbocycles. The Balaban J connectivity index is 1.48. The molecule has 1 aromatic rings. The summed E-state index contributed by atoms with van der Waals surface area (Å²) in [7, 11) is 2.09. The van der Waals surface area contributed by atoms with Crippen LogP contribution in [0.3, 0.4) is 0 Å².